The van der Waals surface area contributed by atoms with Gasteiger partial charge in [0.25, 0.3) is 0 Å². The Labute approximate surface area is 214 Å². The summed E-state index contributed by atoms with van der Waals surface area (Å²) < 4.78 is 15.0. The number of hydrogen-bond acceptors (Lipinski definition) is 9. The number of nitrogens with one attached hydrogen (secondary N) is 2. The maximum atomic E-state index is 12.9. The van der Waals surface area contributed by atoms with E-state index < -0.39 is 46.8 Å². The number of carbonyl (C=O) groups is 5. The van der Waals surface area contributed by atoms with Gasteiger partial charge in [0, 0.05) is 12.2 Å². The molecule has 0 bridgehead atoms. The zero-order chi connectivity index (χ0) is 26.7. The molecule has 1 fully saturated rings. The average Bonchev–Trinajstić information content (AvgIpc) is 3.33. The Hall–Kier alpha value is -3.70. The maximum Gasteiger partial charge on any atom is 0.338 e. The van der Waals surface area contributed by atoms with E-state index in [9.17, 15) is 24.0 Å². The Morgan fingerprint density at radius 3 is 1.97 bits per heavy atom. The molecule has 0 spiro atoms. The molecule has 2 N–H and O–H groups in total. The molecule has 3 atom stereocenters. The molecule has 11 heteroatoms. The minimum Gasteiger partial charge on any atom is -0.461 e. The van der Waals surface area contributed by atoms with Gasteiger partial charge in [0.15, 0.2) is 5.12 Å². The van der Waals surface area contributed by atoms with Crippen molar-refractivity contribution < 1.29 is 38.2 Å². The van der Waals surface area contributed by atoms with Crippen molar-refractivity contribution in [3.05, 3.63) is 67.3 Å². The lowest BCUT2D eigenvalue weighted by Crippen LogP contribution is -2.35. The Morgan fingerprint density at radius 1 is 0.944 bits per heavy atom. The van der Waals surface area contributed by atoms with Gasteiger partial charge in [0.05, 0.1) is 17.2 Å². The lowest BCUT2D eigenvalue weighted by molar-refractivity contribution is -0.151. The van der Waals surface area contributed by atoms with Crippen molar-refractivity contribution in [1.82, 2.24) is 5.32 Å². The highest BCUT2D eigenvalue weighted by Crippen LogP contribution is 2.27. The first-order valence-electron chi connectivity index (χ1n) is 11.0. The summed E-state index contributed by atoms with van der Waals surface area (Å²) in [6.45, 7) is 10.5. The van der Waals surface area contributed by atoms with Gasteiger partial charge >= 0.3 is 17.9 Å². The molecule has 1 unspecified atom stereocenters. The predicted molar refractivity (Wildman–Crippen MR) is 135 cm³/mol. The number of amides is 1. The molecule has 0 aromatic heterocycles. The van der Waals surface area contributed by atoms with E-state index in [2.05, 4.69) is 43.0 Å². The molecule has 0 saturated carbocycles. The Kier molecular flexibility index (Phi) is 11.1. The summed E-state index contributed by atoms with van der Waals surface area (Å²) in [5.74, 6) is -4.35. The van der Waals surface area contributed by atoms with Crippen LogP contribution in [0.2, 0.25) is 0 Å². The molecule has 10 nitrogen and oxygen atoms in total. The number of ether oxygens (including phenoxy) is 3. The number of rotatable bonds is 13. The van der Waals surface area contributed by atoms with Crippen molar-refractivity contribution in [1.29, 1.82) is 0 Å². The molecular formula is C25H28N2O8S. The van der Waals surface area contributed by atoms with Crippen LogP contribution >= 0.6 is 12.6 Å². The molecule has 2 rings (SSSR count). The Bertz CT molecular complexity index is 1010. The van der Waals surface area contributed by atoms with E-state index >= 15 is 0 Å². The summed E-state index contributed by atoms with van der Waals surface area (Å²) >= 11 is 3.81. The first kappa shape index (κ1) is 28.5. The minimum atomic E-state index is -1.15. The normalized spacial score (nSPS) is 17.2. The average molecular weight is 517 g/mol. The van der Waals surface area contributed by atoms with E-state index in [0.717, 1.165) is 0 Å². The van der Waals surface area contributed by atoms with Crippen molar-refractivity contribution in [3.63, 3.8) is 0 Å². The highest BCUT2D eigenvalue weighted by molar-refractivity contribution is 7.96. The van der Waals surface area contributed by atoms with Crippen LogP contribution < -0.4 is 10.6 Å². The molecule has 1 saturated heterocycles. The summed E-state index contributed by atoms with van der Waals surface area (Å²) in [4.78, 5) is 61.9. The van der Waals surface area contributed by atoms with Crippen molar-refractivity contribution in [2.45, 2.75) is 12.5 Å². The zero-order valence-electron chi connectivity index (χ0n) is 19.6. The van der Waals surface area contributed by atoms with Gasteiger partial charge in [0.1, 0.15) is 25.7 Å². The third kappa shape index (κ3) is 7.92. The summed E-state index contributed by atoms with van der Waals surface area (Å²) in [6.07, 6.45) is 4.31. The third-order valence-corrected chi connectivity index (χ3v) is 5.43. The van der Waals surface area contributed by atoms with E-state index in [1.165, 1.54) is 36.4 Å². The van der Waals surface area contributed by atoms with Crippen LogP contribution in [0.25, 0.3) is 0 Å². The van der Waals surface area contributed by atoms with Crippen LogP contribution in [0.1, 0.15) is 27.1 Å². The molecule has 36 heavy (non-hydrogen) atoms. The van der Waals surface area contributed by atoms with Crippen LogP contribution in [-0.2, 0) is 28.6 Å². The van der Waals surface area contributed by atoms with Crippen molar-refractivity contribution in [2.24, 2.45) is 11.8 Å². The number of carbonyl (C=O) groups excluding carboxylic acids is 5. The van der Waals surface area contributed by atoms with E-state index in [1.807, 2.05) is 0 Å². The summed E-state index contributed by atoms with van der Waals surface area (Å²) in [6, 6.07) is 3.23. The van der Waals surface area contributed by atoms with Crippen LogP contribution in [0, 0.1) is 11.8 Å². The maximum absolute atomic E-state index is 12.9. The predicted octanol–water partition coefficient (Wildman–Crippen LogP) is 2.09. The smallest absolute Gasteiger partial charge is 0.338 e. The van der Waals surface area contributed by atoms with E-state index in [0.29, 0.717) is 0 Å². The lowest BCUT2D eigenvalue weighted by Gasteiger charge is -2.18. The topological polar surface area (TPSA) is 137 Å². The second kappa shape index (κ2) is 14.0. The molecule has 1 aliphatic heterocycles. The molecule has 1 aromatic rings. The van der Waals surface area contributed by atoms with Gasteiger partial charge in [-0.2, -0.15) is 0 Å². The quantitative estimate of drug-likeness (QED) is 0.118. The van der Waals surface area contributed by atoms with Crippen LogP contribution in [0.4, 0.5) is 5.69 Å². The molecule has 0 aliphatic carbocycles. The van der Waals surface area contributed by atoms with Crippen molar-refractivity contribution in [3.8, 4) is 0 Å². The first-order valence-corrected chi connectivity index (χ1v) is 11.4. The second-order valence-electron chi connectivity index (χ2n) is 7.75. The molecule has 1 aliphatic rings. The fourth-order valence-corrected chi connectivity index (χ4v) is 3.86. The fourth-order valence-electron chi connectivity index (χ4n) is 3.54. The summed E-state index contributed by atoms with van der Waals surface area (Å²) in [5.41, 5.74) is 0.183. The van der Waals surface area contributed by atoms with Crippen LogP contribution in [0.5, 0.6) is 0 Å². The second-order valence-corrected chi connectivity index (χ2v) is 8.19. The van der Waals surface area contributed by atoms with Crippen LogP contribution in [0.3, 0.4) is 0 Å². The van der Waals surface area contributed by atoms with Crippen LogP contribution in [-0.4, -0.2) is 61.3 Å². The fraction of sp³-hybridized carbons (Fsp3) is 0.320. The SMILES string of the molecule is C=CCOC(=O)c1cc(NC(=O)[C@@H]2C[C@@H](C(C(=O)S)C(=O)OCC=C)CN2)cc(C(=O)OCC=C)c1. The Morgan fingerprint density at radius 2 is 1.47 bits per heavy atom. The number of anilines is 1. The van der Waals surface area contributed by atoms with E-state index in [4.69, 9.17) is 14.2 Å². The number of thiol groups is 1. The monoisotopic (exact) mass is 516 g/mol. The van der Waals surface area contributed by atoms with E-state index in [-0.39, 0.29) is 49.6 Å². The first-order chi connectivity index (χ1) is 17.2. The Balaban J connectivity index is 2.19. The molecule has 192 valence electrons. The largest absolute Gasteiger partial charge is 0.461 e. The highest BCUT2D eigenvalue weighted by atomic mass is 32.1. The summed E-state index contributed by atoms with van der Waals surface area (Å²) in [5, 5.41) is 4.96. The summed E-state index contributed by atoms with van der Waals surface area (Å²) in [7, 11) is 0. The third-order valence-electron chi connectivity index (χ3n) is 5.15. The van der Waals surface area contributed by atoms with Gasteiger partial charge in [0.2, 0.25) is 5.91 Å². The minimum absolute atomic E-state index is 0.0168. The van der Waals surface area contributed by atoms with Gasteiger partial charge in [-0.05, 0) is 30.5 Å². The van der Waals surface area contributed by atoms with Gasteiger partial charge in [-0.3, -0.25) is 14.4 Å². The molecule has 1 aromatic carbocycles. The van der Waals surface area contributed by atoms with Gasteiger partial charge in [-0.25, -0.2) is 9.59 Å². The highest BCUT2D eigenvalue weighted by Gasteiger charge is 2.41. The van der Waals surface area contributed by atoms with Gasteiger partial charge < -0.3 is 24.8 Å². The molecular weight excluding hydrogens is 488 g/mol. The van der Waals surface area contributed by atoms with Crippen LogP contribution in [0.15, 0.2) is 56.2 Å². The van der Waals surface area contributed by atoms with Crippen molar-refractivity contribution in [2.75, 3.05) is 31.7 Å². The standard InChI is InChI=1S/C25H28N2O8S/c1-4-7-33-22(29)15-10-16(23(30)34-8-5-2)12-18(11-15)27-21(28)19-13-17(14-26-19)20(25(32)36)24(31)35-9-6-3/h4-6,10-12,17,19-20,26H,1-3,7-9,13-14H2,(H,27,28)(H,32,36)/t17-,19+,20?/m1/s1. The van der Waals surface area contributed by atoms with Gasteiger partial charge in [-0.1, -0.05) is 38.0 Å². The molecule has 1 amide bonds. The van der Waals surface area contributed by atoms with E-state index in [1.54, 1.807) is 0 Å². The number of hydrogen-bond donors (Lipinski definition) is 3. The number of esters is 3. The molecule has 0 radical (unpaired) electrons. The zero-order valence-corrected chi connectivity index (χ0v) is 20.5. The van der Waals surface area contributed by atoms with Crippen molar-refractivity contribution >= 4 is 47.2 Å². The van der Waals surface area contributed by atoms with Gasteiger partial charge in [-0.15, -0.1) is 12.6 Å². The molecule has 1 heterocycles. The number of benzene rings is 1. The lowest BCUT2D eigenvalue weighted by atomic mass is 9.90.